The number of thiol groups is 1. The number of hydrogen-bond acceptors (Lipinski definition) is 19. The van der Waals surface area contributed by atoms with E-state index < -0.39 is 90.6 Å². The Bertz CT molecular complexity index is 1780. The van der Waals surface area contributed by atoms with Crippen LogP contribution < -0.4 is 16.4 Å². The summed E-state index contributed by atoms with van der Waals surface area (Å²) in [6, 6.07) is 0. The topological polar surface area (TPSA) is 421 Å². The van der Waals surface area contributed by atoms with Crippen LogP contribution in [0.1, 0.15) is 26.5 Å². The Balaban J connectivity index is 0.00000155. The van der Waals surface area contributed by atoms with Crippen LogP contribution in [0.3, 0.4) is 0 Å². The molecular formula is C23H38N7O20P3S. The average molecular weight is 858 g/mol. The van der Waals surface area contributed by atoms with Crippen molar-refractivity contribution < 1.29 is 95.5 Å². The van der Waals surface area contributed by atoms with Gasteiger partial charge in [-0.15, -0.1) is 0 Å². The summed E-state index contributed by atoms with van der Waals surface area (Å²) in [4.78, 5) is 92.8. The fraction of sp³-hybridized carbons (Fsp3) is 0.609. The van der Waals surface area contributed by atoms with Crippen molar-refractivity contribution in [3.8, 4) is 0 Å². The molecule has 7 atom stereocenters. The summed E-state index contributed by atoms with van der Waals surface area (Å²) in [5.41, 5.74) is 4.30. The molecule has 0 aromatic carbocycles. The lowest BCUT2D eigenvalue weighted by Gasteiger charge is -2.30. The maximum atomic E-state index is 12.6. The number of nitrogens with two attached hydrogens (primary N) is 1. The number of amides is 2. The number of carbonyl (C=O) groups is 4. The van der Waals surface area contributed by atoms with E-state index in [1.165, 1.54) is 13.8 Å². The van der Waals surface area contributed by atoms with Crippen LogP contribution in [-0.4, -0.2) is 140 Å². The number of fused-ring (bicyclic) bond motifs is 1. The number of carboxylic acid groups (broad SMARTS) is 2. The Morgan fingerprint density at radius 3 is 2.20 bits per heavy atom. The van der Waals surface area contributed by atoms with Crippen LogP contribution in [0.25, 0.3) is 11.2 Å². The number of aliphatic carboxylic acids is 2. The molecule has 2 aromatic heterocycles. The molecule has 1 aliphatic heterocycles. The zero-order valence-corrected chi connectivity index (χ0v) is 31.5. The molecule has 31 heteroatoms. The molecule has 0 spiro atoms. The molecule has 0 aliphatic carbocycles. The van der Waals surface area contributed by atoms with Gasteiger partial charge in [0.25, 0.3) is 0 Å². The van der Waals surface area contributed by atoms with Gasteiger partial charge in [-0.25, -0.2) is 38.2 Å². The maximum Gasteiger partial charge on any atom is 0.481 e. The molecule has 3 heterocycles. The van der Waals surface area contributed by atoms with E-state index in [9.17, 15) is 53.1 Å². The maximum absolute atomic E-state index is 12.6. The predicted octanol–water partition coefficient (Wildman–Crippen LogP) is -2.51. The largest absolute Gasteiger partial charge is 0.481 e. The summed E-state index contributed by atoms with van der Waals surface area (Å²) in [6.45, 7) is 0.723. The van der Waals surface area contributed by atoms with E-state index >= 15 is 0 Å². The molecule has 12 N–H and O–H groups in total. The number of anilines is 1. The summed E-state index contributed by atoms with van der Waals surface area (Å²) in [5, 5.41) is 40.9. The molecule has 2 unspecified atom stereocenters. The molecule has 27 nitrogen and oxygen atoms in total. The Hall–Kier alpha value is -3.17. The third kappa shape index (κ3) is 14.5. The molecule has 1 fully saturated rings. The van der Waals surface area contributed by atoms with E-state index in [2.05, 4.69) is 47.0 Å². The Morgan fingerprint density at radius 1 is 1.02 bits per heavy atom. The van der Waals surface area contributed by atoms with Crippen LogP contribution in [-0.2, 0) is 55.5 Å². The number of ether oxygens (including phenoxy) is 1. The van der Waals surface area contributed by atoms with Crippen molar-refractivity contribution >= 4 is 76.8 Å². The van der Waals surface area contributed by atoms with E-state index in [-0.39, 0.29) is 35.9 Å². The van der Waals surface area contributed by atoms with Crippen LogP contribution in [0.5, 0.6) is 0 Å². The number of phosphoric acid groups is 3. The first-order valence-electron chi connectivity index (χ1n) is 14.8. The standard InChI is InChI=1S/C21H36N7O16P3S.C2H2O4/c1-21(2,16(31)19(32)24-4-3-12(29)23-5-6-48)8-41-47(38,39)44-46(36,37)40-7-11-15(43-45(33,34)35)14(30)20(42-11)28-10-27-13-17(22)25-9-26-18(13)28;3-1(4)2(5)6/h9-11,14-16,20,30-31,48H,3-8H2,1-2H3,(H,23,29)(H,24,32)(H,36,37)(H,38,39)(H2,22,25,26)(H2,33,34,35);(H,3,4)(H,5,6)/t11-,14-,15-,16+,20-;/m1./s1. The SMILES string of the molecule is CC(C)(COP(=O)(O)OP(=O)(O)OC[C@H]1O[C@@H](n2cnc3c(N)ncnc32)[C@H](O)[C@@H]1OP(=O)(O)O)[C@@H](O)C(=O)NCCC(=O)NCCS.O=C(O)C(=O)O. The van der Waals surface area contributed by atoms with Gasteiger partial charge in [-0.3, -0.25) is 27.7 Å². The number of aromatic nitrogens is 4. The van der Waals surface area contributed by atoms with Crippen LogP contribution in [0.15, 0.2) is 12.7 Å². The number of rotatable bonds is 18. The molecular weight excluding hydrogens is 819 g/mol. The predicted molar refractivity (Wildman–Crippen MR) is 179 cm³/mol. The molecule has 3 rings (SSSR count). The molecule has 0 saturated carbocycles. The Labute approximate surface area is 309 Å². The van der Waals surface area contributed by atoms with Gasteiger partial charge in [0.05, 0.1) is 19.5 Å². The number of carboxylic acids is 2. The second kappa shape index (κ2) is 19.6. The fourth-order valence-corrected chi connectivity index (χ4v) is 7.08. The van der Waals surface area contributed by atoms with E-state index in [0.717, 1.165) is 17.2 Å². The highest BCUT2D eigenvalue weighted by molar-refractivity contribution is 7.80. The minimum absolute atomic E-state index is 0.0363. The third-order valence-electron chi connectivity index (χ3n) is 6.69. The van der Waals surface area contributed by atoms with Crippen LogP contribution in [0.4, 0.5) is 5.82 Å². The Kier molecular flexibility index (Phi) is 17.1. The van der Waals surface area contributed by atoms with Gasteiger partial charge in [-0.05, 0) is 0 Å². The highest BCUT2D eigenvalue weighted by Crippen LogP contribution is 2.61. The number of aliphatic hydroxyl groups excluding tert-OH is 2. The quantitative estimate of drug-likeness (QED) is 0.0418. The molecule has 1 aliphatic rings. The van der Waals surface area contributed by atoms with Crippen LogP contribution in [0.2, 0.25) is 0 Å². The third-order valence-corrected chi connectivity index (χ3v) is 10.0. The molecule has 2 amide bonds. The smallest absolute Gasteiger partial charge is 0.473 e. The van der Waals surface area contributed by atoms with Crippen molar-refractivity contribution in [2.24, 2.45) is 5.41 Å². The van der Waals surface area contributed by atoms with Gasteiger partial charge in [0.1, 0.15) is 36.3 Å². The van der Waals surface area contributed by atoms with Crippen molar-refractivity contribution in [3.63, 3.8) is 0 Å². The molecule has 1 saturated heterocycles. The minimum Gasteiger partial charge on any atom is -0.473 e. The van der Waals surface area contributed by atoms with Crippen molar-refractivity contribution in [3.05, 3.63) is 12.7 Å². The van der Waals surface area contributed by atoms with Gasteiger partial charge in [-0.1, -0.05) is 13.8 Å². The summed E-state index contributed by atoms with van der Waals surface area (Å²) in [5.74, 6) is -4.59. The highest BCUT2D eigenvalue weighted by atomic mass is 32.1. The van der Waals surface area contributed by atoms with Crippen molar-refractivity contribution in [1.29, 1.82) is 0 Å². The average Bonchev–Trinajstić information content (AvgIpc) is 3.61. The zero-order chi connectivity index (χ0) is 41.2. The minimum atomic E-state index is -5.54. The van der Waals surface area contributed by atoms with Gasteiger partial charge in [0.15, 0.2) is 17.7 Å². The first kappa shape index (κ1) is 47.0. The van der Waals surface area contributed by atoms with Crippen LogP contribution >= 0.6 is 36.1 Å². The van der Waals surface area contributed by atoms with Crippen molar-refractivity contribution in [2.45, 2.75) is 50.9 Å². The number of nitrogens with one attached hydrogen (secondary N) is 2. The second-order valence-corrected chi connectivity index (χ2v) is 16.1. The molecule has 2 aromatic rings. The first-order chi connectivity index (χ1) is 24.8. The van der Waals surface area contributed by atoms with Gasteiger partial charge in [0, 0.05) is 30.7 Å². The number of nitrogen functional groups attached to an aromatic ring is 1. The van der Waals surface area contributed by atoms with Gasteiger partial charge < -0.3 is 61.1 Å². The monoisotopic (exact) mass is 857 g/mol. The van der Waals surface area contributed by atoms with Gasteiger partial charge >= 0.3 is 35.4 Å². The number of carbonyl (C=O) groups excluding carboxylic acids is 2. The number of hydrogen-bond donors (Lipinski definition) is 12. The Morgan fingerprint density at radius 2 is 1.63 bits per heavy atom. The van der Waals surface area contributed by atoms with Crippen LogP contribution in [0, 0.1) is 5.41 Å². The second-order valence-electron chi connectivity index (χ2n) is 11.4. The highest BCUT2D eigenvalue weighted by Gasteiger charge is 2.50. The lowest BCUT2D eigenvalue weighted by atomic mass is 9.87. The summed E-state index contributed by atoms with van der Waals surface area (Å²) >= 11 is 3.95. The van der Waals surface area contributed by atoms with Crippen molar-refractivity contribution in [2.75, 3.05) is 37.8 Å². The number of phosphoric ester groups is 3. The number of imidazole rings is 1. The molecule has 0 radical (unpaired) electrons. The lowest BCUT2D eigenvalue weighted by Crippen LogP contribution is -2.46. The summed E-state index contributed by atoms with van der Waals surface area (Å²) < 4.78 is 61.7. The number of nitrogens with zero attached hydrogens (tertiary/aromatic N) is 4. The van der Waals surface area contributed by atoms with E-state index in [0.29, 0.717) is 12.3 Å². The molecule has 54 heavy (non-hydrogen) atoms. The molecule has 306 valence electrons. The van der Waals surface area contributed by atoms with Gasteiger partial charge in [-0.2, -0.15) is 16.9 Å². The summed E-state index contributed by atoms with van der Waals surface area (Å²) in [7, 11) is -16.3. The number of aliphatic hydroxyl groups is 2. The normalized spacial score (nSPS) is 21.6. The van der Waals surface area contributed by atoms with E-state index in [1.54, 1.807) is 0 Å². The van der Waals surface area contributed by atoms with E-state index in [4.69, 9.17) is 39.3 Å². The first-order valence-corrected chi connectivity index (χ1v) is 19.9. The van der Waals surface area contributed by atoms with Gasteiger partial charge in [0.2, 0.25) is 11.8 Å². The van der Waals surface area contributed by atoms with Crippen molar-refractivity contribution in [1.82, 2.24) is 30.2 Å². The fourth-order valence-electron chi connectivity index (χ4n) is 4.14. The summed E-state index contributed by atoms with van der Waals surface area (Å²) in [6.07, 6.45) is -6.74. The van der Waals surface area contributed by atoms with E-state index in [1.807, 2.05) is 0 Å². The zero-order valence-electron chi connectivity index (χ0n) is 27.9. The molecule has 0 bridgehead atoms. The lowest BCUT2D eigenvalue weighted by molar-refractivity contribution is -0.159.